The van der Waals surface area contributed by atoms with E-state index >= 15 is 0 Å². The van der Waals surface area contributed by atoms with Gasteiger partial charge in [0.1, 0.15) is 5.60 Å². The molecule has 0 aliphatic heterocycles. The molecule has 0 saturated heterocycles. The summed E-state index contributed by atoms with van der Waals surface area (Å²) in [4.78, 5) is 10.9. The van der Waals surface area contributed by atoms with E-state index in [0.29, 0.717) is 17.8 Å². The minimum Gasteiger partial charge on any atom is -0.450 e. The molecule has 0 amide bonds. The van der Waals surface area contributed by atoms with Crippen LogP contribution in [-0.2, 0) is 4.74 Å². The van der Waals surface area contributed by atoms with Crippen LogP contribution >= 0.6 is 0 Å². The van der Waals surface area contributed by atoms with E-state index in [2.05, 4.69) is 20.8 Å². The van der Waals surface area contributed by atoms with Crippen molar-refractivity contribution >= 4 is 6.16 Å². The predicted octanol–water partition coefficient (Wildman–Crippen LogP) is 3.92. The van der Waals surface area contributed by atoms with Crippen molar-refractivity contribution in [1.82, 2.24) is 0 Å². The van der Waals surface area contributed by atoms with Gasteiger partial charge < -0.3 is 9.84 Å². The standard InChI is InChI=1S/C13H24O3/c1-5-13(16-12(14)15)8-10(4)6-7-11(13)9(2)3/h9-11H,5-8H2,1-4H3,(H,14,15). The third-order valence-corrected chi connectivity index (χ3v) is 4.03. The highest BCUT2D eigenvalue weighted by atomic mass is 16.7. The largest absolute Gasteiger partial charge is 0.506 e. The van der Waals surface area contributed by atoms with Gasteiger partial charge in [0.15, 0.2) is 0 Å². The molecule has 1 saturated carbocycles. The molecular weight excluding hydrogens is 204 g/mol. The molecule has 1 rings (SSSR count). The highest BCUT2D eigenvalue weighted by Gasteiger charge is 2.46. The van der Waals surface area contributed by atoms with Crippen molar-refractivity contribution in [3.63, 3.8) is 0 Å². The first-order chi connectivity index (χ1) is 7.41. The molecule has 1 aliphatic carbocycles. The molecule has 3 nitrogen and oxygen atoms in total. The molecule has 0 aromatic carbocycles. The lowest BCUT2D eigenvalue weighted by Gasteiger charge is -2.46. The second-order valence-corrected chi connectivity index (χ2v) is 5.52. The van der Waals surface area contributed by atoms with Crippen molar-refractivity contribution in [2.24, 2.45) is 17.8 Å². The number of ether oxygens (including phenoxy) is 1. The minimum atomic E-state index is -1.12. The van der Waals surface area contributed by atoms with Crippen molar-refractivity contribution in [3.8, 4) is 0 Å². The molecule has 0 bridgehead atoms. The summed E-state index contributed by atoms with van der Waals surface area (Å²) < 4.78 is 5.29. The maximum atomic E-state index is 10.9. The predicted molar refractivity (Wildman–Crippen MR) is 63.5 cm³/mol. The molecule has 0 aromatic heterocycles. The summed E-state index contributed by atoms with van der Waals surface area (Å²) in [5, 5.41) is 8.93. The average Bonchev–Trinajstić information content (AvgIpc) is 2.16. The lowest BCUT2D eigenvalue weighted by Crippen LogP contribution is -2.48. The zero-order chi connectivity index (χ0) is 12.3. The third kappa shape index (κ3) is 2.69. The van der Waals surface area contributed by atoms with Crippen LogP contribution in [0.2, 0.25) is 0 Å². The maximum Gasteiger partial charge on any atom is 0.506 e. The maximum absolute atomic E-state index is 10.9. The van der Waals surface area contributed by atoms with Gasteiger partial charge in [-0.1, -0.05) is 34.1 Å². The van der Waals surface area contributed by atoms with Crippen LogP contribution < -0.4 is 0 Å². The van der Waals surface area contributed by atoms with Gasteiger partial charge in [0.25, 0.3) is 0 Å². The van der Waals surface area contributed by atoms with Gasteiger partial charge in [-0.05, 0) is 31.1 Å². The van der Waals surface area contributed by atoms with Gasteiger partial charge in [-0.2, -0.15) is 0 Å². The van der Waals surface area contributed by atoms with E-state index in [4.69, 9.17) is 9.84 Å². The number of hydrogen-bond acceptors (Lipinski definition) is 2. The monoisotopic (exact) mass is 228 g/mol. The van der Waals surface area contributed by atoms with E-state index in [1.807, 2.05) is 6.92 Å². The Morgan fingerprint density at radius 1 is 1.50 bits per heavy atom. The number of rotatable bonds is 3. The molecular formula is C13H24O3. The first kappa shape index (κ1) is 13.3. The Kier molecular flexibility index (Phi) is 4.22. The number of hydrogen-bond donors (Lipinski definition) is 1. The fourth-order valence-electron chi connectivity index (χ4n) is 3.28. The second kappa shape index (κ2) is 5.07. The Balaban J connectivity index is 2.92. The van der Waals surface area contributed by atoms with Gasteiger partial charge in [-0.3, -0.25) is 0 Å². The Morgan fingerprint density at radius 2 is 2.12 bits per heavy atom. The van der Waals surface area contributed by atoms with Crippen LogP contribution in [-0.4, -0.2) is 16.9 Å². The summed E-state index contributed by atoms with van der Waals surface area (Å²) in [7, 11) is 0. The quantitative estimate of drug-likeness (QED) is 0.745. The molecule has 3 atom stereocenters. The van der Waals surface area contributed by atoms with E-state index in [0.717, 1.165) is 19.3 Å². The van der Waals surface area contributed by atoms with Crippen LogP contribution in [0.25, 0.3) is 0 Å². The van der Waals surface area contributed by atoms with Crippen LogP contribution in [0.1, 0.15) is 53.4 Å². The van der Waals surface area contributed by atoms with E-state index in [9.17, 15) is 4.79 Å². The van der Waals surface area contributed by atoms with Crippen LogP contribution in [0.4, 0.5) is 4.79 Å². The molecule has 1 aliphatic rings. The van der Waals surface area contributed by atoms with Crippen LogP contribution in [0, 0.1) is 17.8 Å². The SMILES string of the molecule is CCC1(OC(=O)O)CC(C)CCC1C(C)C. The van der Waals surface area contributed by atoms with Crippen LogP contribution in [0.15, 0.2) is 0 Å². The zero-order valence-corrected chi connectivity index (χ0v) is 10.8. The first-order valence-electron chi connectivity index (χ1n) is 6.33. The Labute approximate surface area is 98.2 Å². The molecule has 3 heteroatoms. The van der Waals surface area contributed by atoms with Gasteiger partial charge in [-0.15, -0.1) is 0 Å². The van der Waals surface area contributed by atoms with E-state index in [1.54, 1.807) is 0 Å². The fourth-order valence-corrected chi connectivity index (χ4v) is 3.28. The molecule has 0 heterocycles. The molecule has 0 radical (unpaired) electrons. The van der Waals surface area contributed by atoms with Crippen molar-refractivity contribution in [1.29, 1.82) is 0 Å². The molecule has 16 heavy (non-hydrogen) atoms. The van der Waals surface area contributed by atoms with Gasteiger partial charge in [0.2, 0.25) is 0 Å². The summed E-state index contributed by atoms with van der Waals surface area (Å²) in [6.07, 6.45) is 2.81. The van der Waals surface area contributed by atoms with Gasteiger partial charge >= 0.3 is 6.16 Å². The second-order valence-electron chi connectivity index (χ2n) is 5.52. The molecule has 1 fully saturated rings. The molecule has 0 aromatic rings. The summed E-state index contributed by atoms with van der Waals surface area (Å²) in [6, 6.07) is 0. The van der Waals surface area contributed by atoms with E-state index in [-0.39, 0.29) is 0 Å². The van der Waals surface area contributed by atoms with Crippen molar-refractivity contribution in [3.05, 3.63) is 0 Å². The Hall–Kier alpha value is -0.730. The summed E-state index contributed by atoms with van der Waals surface area (Å²) in [5.41, 5.74) is -0.447. The lowest BCUT2D eigenvalue weighted by molar-refractivity contribution is -0.105. The van der Waals surface area contributed by atoms with Crippen molar-refractivity contribution in [2.75, 3.05) is 0 Å². The van der Waals surface area contributed by atoms with E-state index in [1.165, 1.54) is 6.42 Å². The number of carbonyl (C=O) groups is 1. The van der Waals surface area contributed by atoms with Gasteiger partial charge in [-0.25, -0.2) is 4.79 Å². The summed E-state index contributed by atoms with van der Waals surface area (Å²) in [6.45, 7) is 8.55. The average molecular weight is 228 g/mol. The highest BCUT2D eigenvalue weighted by Crippen LogP contribution is 2.45. The van der Waals surface area contributed by atoms with Crippen molar-refractivity contribution in [2.45, 2.75) is 59.0 Å². The van der Waals surface area contributed by atoms with E-state index < -0.39 is 11.8 Å². The lowest BCUT2D eigenvalue weighted by atomic mass is 9.66. The minimum absolute atomic E-state index is 0.366. The molecule has 94 valence electrons. The van der Waals surface area contributed by atoms with Crippen LogP contribution in [0.3, 0.4) is 0 Å². The molecule has 3 unspecified atom stereocenters. The van der Waals surface area contributed by atoms with Gasteiger partial charge in [0.05, 0.1) is 0 Å². The molecule has 0 spiro atoms. The summed E-state index contributed by atoms with van der Waals surface area (Å²) in [5.74, 6) is 1.41. The summed E-state index contributed by atoms with van der Waals surface area (Å²) >= 11 is 0. The normalized spacial score (nSPS) is 35.1. The Morgan fingerprint density at radius 3 is 2.56 bits per heavy atom. The molecule has 1 N–H and O–H groups in total. The third-order valence-electron chi connectivity index (χ3n) is 4.03. The van der Waals surface area contributed by atoms with Crippen molar-refractivity contribution < 1.29 is 14.6 Å². The Bertz CT molecular complexity index is 250. The topological polar surface area (TPSA) is 46.5 Å². The van der Waals surface area contributed by atoms with Gasteiger partial charge in [0, 0.05) is 5.92 Å². The zero-order valence-electron chi connectivity index (χ0n) is 10.8. The first-order valence-corrected chi connectivity index (χ1v) is 6.33. The van der Waals surface area contributed by atoms with Crippen LogP contribution in [0.5, 0.6) is 0 Å². The highest BCUT2D eigenvalue weighted by molar-refractivity contribution is 5.57. The fraction of sp³-hybridized carbons (Fsp3) is 0.923. The number of carboxylic acid groups (broad SMARTS) is 1. The smallest absolute Gasteiger partial charge is 0.450 e.